The van der Waals surface area contributed by atoms with Crippen LogP contribution >= 0.6 is 0 Å². The molecule has 1 amide bonds. The van der Waals surface area contributed by atoms with Gasteiger partial charge in [0.05, 0.1) is 11.5 Å². The van der Waals surface area contributed by atoms with E-state index in [2.05, 4.69) is 20.7 Å². The van der Waals surface area contributed by atoms with Crippen molar-refractivity contribution in [1.29, 1.82) is 0 Å². The van der Waals surface area contributed by atoms with E-state index in [4.69, 9.17) is 0 Å². The van der Waals surface area contributed by atoms with Gasteiger partial charge in [0.2, 0.25) is 11.7 Å². The van der Waals surface area contributed by atoms with E-state index < -0.39 is 9.84 Å². The van der Waals surface area contributed by atoms with Gasteiger partial charge >= 0.3 is 0 Å². The van der Waals surface area contributed by atoms with Gasteiger partial charge in [-0.1, -0.05) is 30.3 Å². The van der Waals surface area contributed by atoms with Crippen LogP contribution in [-0.4, -0.2) is 52.1 Å². The van der Waals surface area contributed by atoms with E-state index in [1.807, 2.05) is 30.3 Å². The Morgan fingerprint density at radius 1 is 1.32 bits per heavy atom. The van der Waals surface area contributed by atoms with E-state index in [9.17, 15) is 13.2 Å². The van der Waals surface area contributed by atoms with Gasteiger partial charge in [-0.15, -0.1) is 10.2 Å². The molecule has 3 rings (SSSR count). The second-order valence-corrected chi connectivity index (χ2v) is 7.41. The first-order valence-electron chi connectivity index (χ1n) is 6.85. The smallest absolute Gasteiger partial charge is 0.243 e. The van der Waals surface area contributed by atoms with Crippen LogP contribution in [0.5, 0.6) is 0 Å². The molecule has 1 atom stereocenters. The number of aromatic nitrogens is 4. The summed E-state index contributed by atoms with van der Waals surface area (Å²) >= 11 is 0. The first-order chi connectivity index (χ1) is 10.5. The standard InChI is InChI=1S/C13H15N5O3S/c19-12(14-11-6-7-22(20,21)9-11)8-18-16-13(15-17-18)10-4-2-1-3-5-10/h1-5,11H,6-9H2,(H,14,19)/t11-/m1/s1. The normalized spacial score (nSPS) is 19.9. The van der Waals surface area contributed by atoms with Gasteiger partial charge in [0, 0.05) is 11.6 Å². The van der Waals surface area contributed by atoms with Gasteiger partial charge in [0.15, 0.2) is 9.84 Å². The summed E-state index contributed by atoms with van der Waals surface area (Å²) in [6.45, 7) is -0.0869. The number of carbonyl (C=O) groups is 1. The van der Waals surface area contributed by atoms with Crippen LogP contribution in [0.2, 0.25) is 0 Å². The molecule has 1 aliphatic rings. The van der Waals surface area contributed by atoms with E-state index in [1.165, 1.54) is 4.80 Å². The molecule has 0 unspecified atom stereocenters. The minimum Gasteiger partial charge on any atom is -0.351 e. The number of carbonyl (C=O) groups excluding carboxylic acids is 1. The fourth-order valence-corrected chi connectivity index (χ4v) is 4.00. The summed E-state index contributed by atoms with van der Waals surface area (Å²) in [7, 11) is -3.01. The van der Waals surface area contributed by atoms with Crippen molar-refractivity contribution in [2.24, 2.45) is 0 Å². The first kappa shape index (κ1) is 14.6. The van der Waals surface area contributed by atoms with Crippen molar-refractivity contribution < 1.29 is 13.2 Å². The minimum atomic E-state index is -3.01. The topological polar surface area (TPSA) is 107 Å². The van der Waals surface area contributed by atoms with Crippen molar-refractivity contribution in [3.05, 3.63) is 30.3 Å². The molecule has 1 aromatic carbocycles. The Labute approximate surface area is 127 Å². The fraction of sp³-hybridized carbons (Fsp3) is 0.385. The van der Waals surface area contributed by atoms with Gasteiger partial charge in [-0.25, -0.2) is 8.42 Å². The molecule has 0 aliphatic carbocycles. The zero-order valence-electron chi connectivity index (χ0n) is 11.7. The Bertz CT molecular complexity index is 772. The molecule has 1 saturated heterocycles. The van der Waals surface area contributed by atoms with Crippen molar-refractivity contribution in [1.82, 2.24) is 25.5 Å². The zero-order chi connectivity index (χ0) is 15.6. The Kier molecular flexibility index (Phi) is 3.88. The lowest BCUT2D eigenvalue weighted by Gasteiger charge is -2.09. The number of benzene rings is 1. The number of nitrogens with zero attached hydrogens (tertiary/aromatic N) is 4. The lowest BCUT2D eigenvalue weighted by atomic mass is 10.2. The van der Waals surface area contributed by atoms with E-state index in [0.717, 1.165) is 5.56 Å². The number of nitrogens with one attached hydrogen (secondary N) is 1. The predicted molar refractivity (Wildman–Crippen MR) is 78.5 cm³/mol. The molecule has 8 nitrogen and oxygen atoms in total. The Morgan fingerprint density at radius 3 is 2.77 bits per heavy atom. The van der Waals surface area contributed by atoms with Crippen molar-refractivity contribution >= 4 is 15.7 Å². The van der Waals surface area contributed by atoms with Gasteiger partial charge in [-0.2, -0.15) is 4.80 Å². The van der Waals surface area contributed by atoms with Crippen LogP contribution < -0.4 is 5.32 Å². The Hall–Kier alpha value is -2.29. The lowest BCUT2D eigenvalue weighted by molar-refractivity contribution is -0.122. The first-order valence-corrected chi connectivity index (χ1v) is 8.67. The van der Waals surface area contributed by atoms with Crippen LogP contribution in [0, 0.1) is 0 Å². The average molecular weight is 321 g/mol. The number of hydrogen-bond acceptors (Lipinski definition) is 6. The molecular weight excluding hydrogens is 306 g/mol. The van der Waals surface area contributed by atoms with E-state index in [0.29, 0.717) is 12.2 Å². The second kappa shape index (κ2) is 5.84. The van der Waals surface area contributed by atoms with E-state index >= 15 is 0 Å². The lowest BCUT2D eigenvalue weighted by Crippen LogP contribution is -2.38. The van der Waals surface area contributed by atoms with Gasteiger partial charge < -0.3 is 5.32 Å². The number of sulfone groups is 1. The van der Waals surface area contributed by atoms with Gasteiger partial charge in [-0.3, -0.25) is 4.79 Å². The van der Waals surface area contributed by atoms with Crippen LogP contribution in [0.3, 0.4) is 0 Å². The summed E-state index contributed by atoms with van der Waals surface area (Å²) in [6.07, 6.45) is 0.453. The average Bonchev–Trinajstić information content (AvgIpc) is 3.06. The van der Waals surface area contributed by atoms with Crippen molar-refractivity contribution in [3.8, 4) is 11.4 Å². The number of hydrogen-bond donors (Lipinski definition) is 1. The molecular formula is C13H15N5O3S. The SMILES string of the molecule is O=C(Cn1nnc(-c2ccccc2)n1)N[C@@H]1CCS(=O)(=O)C1. The Balaban J connectivity index is 1.60. The molecule has 0 spiro atoms. The quantitative estimate of drug-likeness (QED) is 0.824. The van der Waals surface area contributed by atoms with Gasteiger partial charge in [-0.05, 0) is 11.6 Å². The molecule has 0 radical (unpaired) electrons. The van der Waals surface area contributed by atoms with Crippen molar-refractivity contribution in [3.63, 3.8) is 0 Å². The molecule has 1 aromatic heterocycles. The third-order valence-corrected chi connectivity index (χ3v) is 5.14. The maximum Gasteiger partial charge on any atom is 0.243 e. The third-order valence-electron chi connectivity index (χ3n) is 3.37. The van der Waals surface area contributed by atoms with Crippen LogP contribution in [0.1, 0.15) is 6.42 Å². The predicted octanol–water partition coefficient (Wildman–Crippen LogP) is -0.357. The molecule has 116 valence electrons. The largest absolute Gasteiger partial charge is 0.351 e. The van der Waals surface area contributed by atoms with Gasteiger partial charge in [0.25, 0.3) is 0 Å². The summed E-state index contributed by atoms with van der Waals surface area (Å²) in [6, 6.07) is 8.99. The molecule has 2 aromatic rings. The highest BCUT2D eigenvalue weighted by atomic mass is 32.2. The Morgan fingerprint density at radius 2 is 2.09 bits per heavy atom. The van der Waals surface area contributed by atoms with E-state index in [1.54, 1.807) is 0 Å². The summed E-state index contributed by atoms with van der Waals surface area (Å²) in [5.41, 5.74) is 0.816. The number of tetrazole rings is 1. The second-order valence-electron chi connectivity index (χ2n) is 5.18. The van der Waals surface area contributed by atoms with Crippen molar-refractivity contribution in [2.75, 3.05) is 11.5 Å². The van der Waals surface area contributed by atoms with Crippen LogP contribution in [0.25, 0.3) is 11.4 Å². The summed E-state index contributed by atoms with van der Waals surface area (Å²) in [5.74, 6) is 0.243. The molecule has 22 heavy (non-hydrogen) atoms. The number of amides is 1. The molecule has 0 bridgehead atoms. The van der Waals surface area contributed by atoms with E-state index in [-0.39, 0.29) is 30.0 Å². The molecule has 2 heterocycles. The molecule has 1 aliphatic heterocycles. The van der Waals surface area contributed by atoms with Crippen molar-refractivity contribution in [2.45, 2.75) is 19.0 Å². The van der Waals surface area contributed by atoms with Gasteiger partial charge in [0.1, 0.15) is 6.54 Å². The number of rotatable bonds is 4. The highest BCUT2D eigenvalue weighted by molar-refractivity contribution is 7.91. The third kappa shape index (κ3) is 3.48. The maximum absolute atomic E-state index is 11.9. The highest BCUT2D eigenvalue weighted by Crippen LogP contribution is 2.12. The maximum atomic E-state index is 11.9. The summed E-state index contributed by atoms with van der Waals surface area (Å²) < 4.78 is 22.7. The summed E-state index contributed by atoms with van der Waals surface area (Å²) in [4.78, 5) is 13.1. The zero-order valence-corrected chi connectivity index (χ0v) is 12.5. The highest BCUT2D eigenvalue weighted by Gasteiger charge is 2.29. The van der Waals surface area contributed by atoms with Crippen LogP contribution in [-0.2, 0) is 21.2 Å². The fourth-order valence-electron chi connectivity index (χ4n) is 2.32. The minimum absolute atomic E-state index is 0.00120. The van der Waals surface area contributed by atoms with Crippen LogP contribution in [0.15, 0.2) is 30.3 Å². The molecule has 0 saturated carbocycles. The summed E-state index contributed by atoms with van der Waals surface area (Å²) in [5, 5.41) is 14.6. The monoisotopic (exact) mass is 321 g/mol. The molecule has 9 heteroatoms. The molecule has 1 fully saturated rings. The molecule has 1 N–H and O–H groups in total. The van der Waals surface area contributed by atoms with Crippen LogP contribution in [0.4, 0.5) is 0 Å².